The van der Waals surface area contributed by atoms with Crippen LogP contribution in [-0.2, 0) is 11.3 Å². The summed E-state index contributed by atoms with van der Waals surface area (Å²) in [6.07, 6.45) is 7.22. The first-order valence-electron chi connectivity index (χ1n) is 8.94. The molecule has 28 heavy (non-hydrogen) atoms. The Balaban J connectivity index is 2.05. The number of aromatic hydroxyl groups is 1. The van der Waals surface area contributed by atoms with Crippen molar-refractivity contribution in [3.8, 4) is 11.5 Å². The van der Waals surface area contributed by atoms with E-state index in [2.05, 4.69) is 16.7 Å². The minimum atomic E-state index is -0.212. The fraction of sp³-hybridized carbons (Fsp3) is 0.286. The second kappa shape index (κ2) is 10.1. The largest absolute Gasteiger partial charge is 0.508 e. The van der Waals surface area contributed by atoms with Crippen molar-refractivity contribution in [1.29, 1.82) is 0 Å². The number of aromatic nitrogens is 2. The normalized spacial score (nSPS) is 11.8. The predicted octanol–water partition coefficient (Wildman–Crippen LogP) is 3.74. The van der Waals surface area contributed by atoms with Gasteiger partial charge in [0.05, 0.1) is 0 Å². The van der Waals surface area contributed by atoms with Crippen molar-refractivity contribution in [2.75, 3.05) is 6.61 Å². The lowest BCUT2D eigenvalue weighted by Gasteiger charge is -2.25. The SMILES string of the molecule is C=C/C(=C\C=C/C)c1noc(CN(C(=O)COc2ccc(O)cc2)C(C)C)n1. The molecule has 0 aliphatic carbocycles. The van der Waals surface area contributed by atoms with Gasteiger partial charge in [0.15, 0.2) is 6.61 Å². The Hall–Kier alpha value is -3.35. The summed E-state index contributed by atoms with van der Waals surface area (Å²) < 4.78 is 10.8. The molecule has 0 fully saturated rings. The zero-order valence-electron chi connectivity index (χ0n) is 16.3. The summed E-state index contributed by atoms with van der Waals surface area (Å²) in [5.41, 5.74) is 0.728. The van der Waals surface area contributed by atoms with Crippen molar-refractivity contribution in [2.24, 2.45) is 0 Å². The fourth-order valence-electron chi connectivity index (χ4n) is 2.34. The number of amides is 1. The van der Waals surface area contributed by atoms with E-state index in [1.807, 2.05) is 39.0 Å². The van der Waals surface area contributed by atoms with Gasteiger partial charge in [0.2, 0.25) is 11.7 Å². The number of benzene rings is 1. The average Bonchev–Trinajstić information content (AvgIpc) is 3.14. The molecular weight excluding hydrogens is 358 g/mol. The molecule has 7 heteroatoms. The summed E-state index contributed by atoms with van der Waals surface area (Å²) in [6.45, 7) is 9.50. The van der Waals surface area contributed by atoms with Gasteiger partial charge in [-0.05, 0) is 45.0 Å². The Kier molecular flexibility index (Phi) is 7.56. The average molecular weight is 383 g/mol. The second-order valence-electron chi connectivity index (χ2n) is 6.26. The minimum absolute atomic E-state index is 0.0799. The molecule has 0 spiro atoms. The van der Waals surface area contributed by atoms with Crippen LogP contribution in [-0.4, -0.2) is 38.7 Å². The van der Waals surface area contributed by atoms with Crippen molar-refractivity contribution in [3.05, 3.63) is 66.9 Å². The van der Waals surface area contributed by atoms with Gasteiger partial charge in [-0.3, -0.25) is 4.79 Å². The highest BCUT2D eigenvalue weighted by molar-refractivity contribution is 5.78. The number of ether oxygens (including phenoxy) is 1. The Morgan fingerprint density at radius 2 is 2.07 bits per heavy atom. The van der Waals surface area contributed by atoms with Crippen molar-refractivity contribution >= 4 is 11.5 Å². The highest BCUT2D eigenvalue weighted by Gasteiger charge is 2.21. The number of allylic oxidation sites excluding steroid dienone is 5. The van der Waals surface area contributed by atoms with Crippen molar-refractivity contribution in [3.63, 3.8) is 0 Å². The van der Waals surface area contributed by atoms with Gasteiger partial charge in [-0.1, -0.05) is 36.0 Å². The first-order chi connectivity index (χ1) is 13.4. The quantitative estimate of drug-likeness (QED) is 0.664. The van der Waals surface area contributed by atoms with E-state index in [-0.39, 0.29) is 30.9 Å². The summed E-state index contributed by atoms with van der Waals surface area (Å²) in [5.74, 6) is 1.17. The lowest BCUT2D eigenvalue weighted by Crippen LogP contribution is -2.39. The van der Waals surface area contributed by atoms with E-state index in [0.29, 0.717) is 17.5 Å². The van der Waals surface area contributed by atoms with Crippen LogP contribution in [0.5, 0.6) is 11.5 Å². The van der Waals surface area contributed by atoms with Gasteiger partial charge in [-0.15, -0.1) is 0 Å². The van der Waals surface area contributed by atoms with Crippen LogP contribution < -0.4 is 4.74 Å². The molecule has 2 rings (SSSR count). The van der Waals surface area contributed by atoms with Crippen LogP contribution in [0.15, 0.2) is 59.7 Å². The van der Waals surface area contributed by atoms with Crippen molar-refractivity contribution in [1.82, 2.24) is 15.0 Å². The molecule has 0 unspecified atom stereocenters. The highest BCUT2D eigenvalue weighted by atomic mass is 16.5. The standard InChI is InChI=1S/C21H25N3O4/c1-5-7-8-16(6-2)21-22-19(28-23-21)13-24(15(3)4)20(26)14-27-18-11-9-17(25)10-12-18/h5-12,15,25H,2,13-14H2,1,3-4H3/b7-5-,16-8+. The molecule has 1 heterocycles. The van der Waals surface area contributed by atoms with Crippen LogP contribution >= 0.6 is 0 Å². The fourth-order valence-corrected chi connectivity index (χ4v) is 2.34. The van der Waals surface area contributed by atoms with E-state index in [4.69, 9.17) is 9.26 Å². The maximum Gasteiger partial charge on any atom is 0.261 e. The van der Waals surface area contributed by atoms with E-state index in [9.17, 15) is 9.90 Å². The Labute approximate surface area is 164 Å². The number of nitrogens with zero attached hydrogens (tertiary/aromatic N) is 3. The van der Waals surface area contributed by atoms with Crippen LogP contribution in [0.1, 0.15) is 32.5 Å². The summed E-state index contributed by atoms with van der Waals surface area (Å²) in [7, 11) is 0. The monoisotopic (exact) mass is 383 g/mol. The van der Waals surface area contributed by atoms with Crippen LogP contribution in [0.2, 0.25) is 0 Å². The molecule has 2 aromatic rings. The number of carbonyl (C=O) groups is 1. The second-order valence-corrected chi connectivity index (χ2v) is 6.26. The molecule has 0 saturated heterocycles. The third kappa shape index (κ3) is 5.84. The first kappa shape index (κ1) is 21.0. The van der Waals surface area contributed by atoms with Crippen LogP contribution in [0.25, 0.3) is 5.57 Å². The Bertz CT molecular complexity index is 851. The van der Waals surface area contributed by atoms with Gasteiger partial charge in [-0.25, -0.2) is 0 Å². The zero-order chi connectivity index (χ0) is 20.5. The number of carbonyl (C=O) groups excluding carboxylic acids is 1. The molecule has 0 aliphatic rings. The molecule has 0 radical (unpaired) electrons. The summed E-state index contributed by atoms with van der Waals surface area (Å²) in [5, 5.41) is 13.3. The molecule has 0 atom stereocenters. The van der Waals surface area contributed by atoms with Crippen LogP contribution in [0.3, 0.4) is 0 Å². The maximum absolute atomic E-state index is 12.6. The van der Waals surface area contributed by atoms with Gasteiger partial charge in [0.1, 0.15) is 18.0 Å². The molecule has 0 aliphatic heterocycles. The Morgan fingerprint density at radius 3 is 2.68 bits per heavy atom. The summed E-state index contributed by atoms with van der Waals surface area (Å²) in [6, 6.07) is 6.11. The van der Waals surface area contributed by atoms with Gasteiger partial charge in [0, 0.05) is 11.6 Å². The molecule has 7 nitrogen and oxygen atoms in total. The minimum Gasteiger partial charge on any atom is -0.508 e. The molecule has 1 N–H and O–H groups in total. The molecule has 1 aromatic heterocycles. The topological polar surface area (TPSA) is 88.7 Å². The summed E-state index contributed by atoms with van der Waals surface area (Å²) >= 11 is 0. The van der Waals surface area contributed by atoms with E-state index >= 15 is 0 Å². The first-order valence-corrected chi connectivity index (χ1v) is 8.94. The third-order valence-corrected chi connectivity index (χ3v) is 3.86. The van der Waals surface area contributed by atoms with Gasteiger partial charge in [0.25, 0.3) is 5.91 Å². The predicted molar refractivity (Wildman–Crippen MR) is 107 cm³/mol. The maximum atomic E-state index is 12.6. The van der Waals surface area contributed by atoms with Crippen LogP contribution in [0, 0.1) is 0 Å². The van der Waals surface area contributed by atoms with E-state index < -0.39 is 0 Å². The van der Waals surface area contributed by atoms with E-state index in [1.165, 1.54) is 12.1 Å². The molecule has 1 amide bonds. The number of hydrogen-bond donors (Lipinski definition) is 1. The van der Waals surface area contributed by atoms with Gasteiger partial charge < -0.3 is 19.3 Å². The molecule has 1 aromatic carbocycles. The summed E-state index contributed by atoms with van der Waals surface area (Å²) in [4.78, 5) is 18.5. The van der Waals surface area contributed by atoms with Crippen molar-refractivity contribution < 1.29 is 19.2 Å². The van der Waals surface area contributed by atoms with E-state index in [1.54, 1.807) is 23.1 Å². The molecule has 0 bridgehead atoms. The third-order valence-electron chi connectivity index (χ3n) is 3.86. The number of phenols is 1. The van der Waals surface area contributed by atoms with Crippen LogP contribution in [0.4, 0.5) is 0 Å². The molecular formula is C21H25N3O4. The van der Waals surface area contributed by atoms with Gasteiger partial charge in [-0.2, -0.15) is 4.98 Å². The smallest absolute Gasteiger partial charge is 0.261 e. The zero-order valence-corrected chi connectivity index (χ0v) is 16.3. The number of hydrogen-bond acceptors (Lipinski definition) is 6. The highest BCUT2D eigenvalue weighted by Crippen LogP contribution is 2.17. The van der Waals surface area contributed by atoms with E-state index in [0.717, 1.165) is 5.57 Å². The molecule has 148 valence electrons. The number of phenolic OH excluding ortho intramolecular Hbond substituents is 1. The lowest BCUT2D eigenvalue weighted by atomic mass is 10.2. The lowest BCUT2D eigenvalue weighted by molar-refractivity contribution is -0.136. The molecule has 0 saturated carbocycles. The van der Waals surface area contributed by atoms with Gasteiger partial charge >= 0.3 is 0 Å². The number of rotatable bonds is 9. The Morgan fingerprint density at radius 1 is 1.36 bits per heavy atom. The van der Waals surface area contributed by atoms with Crippen molar-refractivity contribution in [2.45, 2.75) is 33.4 Å².